The van der Waals surface area contributed by atoms with Crippen molar-refractivity contribution in [2.24, 2.45) is 0 Å². The maximum atomic E-state index is 11.1. The van der Waals surface area contributed by atoms with Crippen LogP contribution in [0.5, 0.6) is 0 Å². The summed E-state index contributed by atoms with van der Waals surface area (Å²) in [4.78, 5) is 15.7. The second kappa shape index (κ2) is 7.45. The van der Waals surface area contributed by atoms with E-state index in [0.29, 0.717) is 12.6 Å². The lowest BCUT2D eigenvalue weighted by atomic mass is 10.2. The van der Waals surface area contributed by atoms with Crippen LogP contribution in [-0.4, -0.2) is 62.1 Å². The Morgan fingerprint density at radius 3 is 2.94 bits per heavy atom. The minimum atomic E-state index is -0.251. The molecule has 1 aliphatic rings. The van der Waals surface area contributed by atoms with Gasteiger partial charge in [0.25, 0.3) is 0 Å². The fraction of sp³-hybridized carbons (Fsp3) is 0.769. The molecule has 1 heterocycles. The number of nitrogens with zero attached hydrogens (tertiary/aromatic N) is 2. The average Bonchev–Trinajstić information content (AvgIpc) is 2.65. The van der Waals surface area contributed by atoms with Gasteiger partial charge in [-0.1, -0.05) is 6.08 Å². The van der Waals surface area contributed by atoms with E-state index in [1.807, 2.05) is 13.0 Å². The highest BCUT2D eigenvalue weighted by atomic mass is 16.5. The van der Waals surface area contributed by atoms with E-state index in [1.54, 1.807) is 0 Å². The van der Waals surface area contributed by atoms with Crippen molar-refractivity contribution in [1.29, 1.82) is 0 Å². The van der Waals surface area contributed by atoms with Gasteiger partial charge in [0.05, 0.1) is 6.61 Å². The van der Waals surface area contributed by atoms with Crippen LogP contribution in [0.25, 0.3) is 0 Å². The summed E-state index contributed by atoms with van der Waals surface area (Å²) in [5.41, 5.74) is 0. The number of likely N-dealkylation sites (N-methyl/N-ethyl adjacent to an activating group) is 2. The molecule has 0 aromatic heterocycles. The molecule has 4 heteroatoms. The largest absolute Gasteiger partial charge is 0.463 e. The first-order valence-electron chi connectivity index (χ1n) is 6.35. The van der Waals surface area contributed by atoms with E-state index in [9.17, 15) is 4.79 Å². The van der Waals surface area contributed by atoms with E-state index in [4.69, 9.17) is 4.74 Å². The SMILES string of the molecule is CCOC(=O)/C=C/CN(C)CC1CCCN1C. The molecular weight excluding hydrogens is 216 g/mol. The monoisotopic (exact) mass is 240 g/mol. The van der Waals surface area contributed by atoms with Crippen molar-refractivity contribution in [3.8, 4) is 0 Å². The average molecular weight is 240 g/mol. The van der Waals surface area contributed by atoms with Gasteiger partial charge < -0.3 is 14.5 Å². The lowest BCUT2D eigenvalue weighted by Gasteiger charge is -2.24. The number of likely N-dealkylation sites (tertiary alicyclic amines) is 1. The van der Waals surface area contributed by atoms with E-state index in [0.717, 1.165) is 13.1 Å². The number of ether oxygens (including phenoxy) is 1. The summed E-state index contributed by atoms with van der Waals surface area (Å²) in [6.07, 6.45) is 5.96. The molecule has 98 valence electrons. The first-order chi connectivity index (χ1) is 8.13. The molecule has 0 N–H and O–H groups in total. The molecule has 0 bridgehead atoms. The quantitative estimate of drug-likeness (QED) is 0.515. The Kier molecular flexibility index (Phi) is 6.22. The van der Waals surface area contributed by atoms with Crippen molar-refractivity contribution in [3.63, 3.8) is 0 Å². The number of rotatable bonds is 6. The Hall–Kier alpha value is -0.870. The predicted molar refractivity (Wildman–Crippen MR) is 68.9 cm³/mol. The first kappa shape index (κ1) is 14.2. The second-order valence-electron chi connectivity index (χ2n) is 4.65. The summed E-state index contributed by atoms with van der Waals surface area (Å²) in [7, 11) is 4.27. The van der Waals surface area contributed by atoms with Crippen LogP contribution in [0.3, 0.4) is 0 Å². The number of esters is 1. The molecule has 4 nitrogen and oxygen atoms in total. The van der Waals surface area contributed by atoms with Crippen LogP contribution >= 0.6 is 0 Å². The number of carbonyl (C=O) groups is 1. The molecular formula is C13H24N2O2. The molecule has 0 saturated carbocycles. The van der Waals surface area contributed by atoms with Crippen molar-refractivity contribution in [2.75, 3.05) is 40.3 Å². The Morgan fingerprint density at radius 1 is 1.59 bits per heavy atom. The van der Waals surface area contributed by atoms with E-state index < -0.39 is 0 Å². The van der Waals surface area contributed by atoms with Crippen LogP contribution in [0, 0.1) is 0 Å². The van der Waals surface area contributed by atoms with E-state index in [1.165, 1.54) is 25.5 Å². The normalized spacial score (nSPS) is 21.5. The smallest absolute Gasteiger partial charge is 0.330 e. The number of hydrogen-bond donors (Lipinski definition) is 0. The van der Waals surface area contributed by atoms with Crippen LogP contribution in [0.2, 0.25) is 0 Å². The minimum absolute atomic E-state index is 0.251. The van der Waals surface area contributed by atoms with Crippen LogP contribution in [0.1, 0.15) is 19.8 Å². The van der Waals surface area contributed by atoms with Crippen molar-refractivity contribution < 1.29 is 9.53 Å². The lowest BCUT2D eigenvalue weighted by Crippen LogP contribution is -2.36. The zero-order valence-electron chi connectivity index (χ0n) is 11.2. The third-order valence-corrected chi connectivity index (χ3v) is 3.15. The van der Waals surface area contributed by atoms with Crippen molar-refractivity contribution in [3.05, 3.63) is 12.2 Å². The summed E-state index contributed by atoms with van der Waals surface area (Å²) in [6.45, 7) is 5.31. The molecule has 1 atom stereocenters. The third-order valence-electron chi connectivity index (χ3n) is 3.15. The maximum absolute atomic E-state index is 11.1. The fourth-order valence-corrected chi connectivity index (χ4v) is 2.16. The van der Waals surface area contributed by atoms with E-state index in [2.05, 4.69) is 23.9 Å². The van der Waals surface area contributed by atoms with Gasteiger partial charge in [0.2, 0.25) is 0 Å². The molecule has 1 saturated heterocycles. The van der Waals surface area contributed by atoms with E-state index >= 15 is 0 Å². The number of carbonyl (C=O) groups excluding carboxylic acids is 1. The lowest BCUT2D eigenvalue weighted by molar-refractivity contribution is -0.137. The molecule has 1 rings (SSSR count). The highest BCUT2D eigenvalue weighted by Crippen LogP contribution is 2.15. The molecule has 17 heavy (non-hydrogen) atoms. The van der Waals surface area contributed by atoms with Gasteiger partial charge in [-0.15, -0.1) is 0 Å². The summed E-state index contributed by atoms with van der Waals surface area (Å²) >= 11 is 0. The molecule has 0 spiro atoms. The number of hydrogen-bond acceptors (Lipinski definition) is 4. The summed E-state index contributed by atoms with van der Waals surface area (Å²) < 4.78 is 4.82. The fourth-order valence-electron chi connectivity index (χ4n) is 2.16. The highest BCUT2D eigenvalue weighted by molar-refractivity contribution is 5.81. The maximum Gasteiger partial charge on any atom is 0.330 e. The standard InChI is InChI=1S/C13H24N2O2/c1-4-17-13(16)8-6-9-14(2)11-12-7-5-10-15(12)3/h6,8,12H,4-5,7,9-11H2,1-3H3/b8-6+. The molecule has 0 amide bonds. The zero-order chi connectivity index (χ0) is 12.7. The molecule has 0 aromatic rings. The van der Waals surface area contributed by atoms with E-state index in [-0.39, 0.29) is 5.97 Å². The summed E-state index contributed by atoms with van der Waals surface area (Å²) in [5, 5.41) is 0. The first-order valence-corrected chi connectivity index (χ1v) is 6.35. The molecule has 0 aliphatic carbocycles. The van der Waals surface area contributed by atoms with Gasteiger partial charge in [-0.3, -0.25) is 0 Å². The van der Waals surface area contributed by atoms with Crippen LogP contribution in [0.4, 0.5) is 0 Å². The van der Waals surface area contributed by atoms with Crippen molar-refractivity contribution >= 4 is 5.97 Å². The van der Waals surface area contributed by atoms with Crippen molar-refractivity contribution in [1.82, 2.24) is 9.80 Å². The Labute approximate surface area is 104 Å². The zero-order valence-corrected chi connectivity index (χ0v) is 11.2. The summed E-state index contributed by atoms with van der Waals surface area (Å²) in [5.74, 6) is -0.251. The van der Waals surface area contributed by atoms with Gasteiger partial charge in [-0.2, -0.15) is 0 Å². The topological polar surface area (TPSA) is 32.8 Å². The highest BCUT2D eigenvalue weighted by Gasteiger charge is 2.21. The minimum Gasteiger partial charge on any atom is -0.463 e. The van der Waals surface area contributed by atoms with Gasteiger partial charge >= 0.3 is 5.97 Å². The van der Waals surface area contributed by atoms with Gasteiger partial charge in [0, 0.05) is 25.2 Å². The molecule has 1 fully saturated rings. The molecule has 0 radical (unpaired) electrons. The van der Waals surface area contributed by atoms with Gasteiger partial charge in [0.1, 0.15) is 0 Å². The van der Waals surface area contributed by atoms with Crippen LogP contribution in [-0.2, 0) is 9.53 Å². The Balaban J connectivity index is 2.20. The molecule has 0 aromatic carbocycles. The van der Waals surface area contributed by atoms with Crippen molar-refractivity contribution in [2.45, 2.75) is 25.8 Å². The Bertz CT molecular complexity index is 266. The Morgan fingerprint density at radius 2 is 2.35 bits per heavy atom. The van der Waals surface area contributed by atoms with Gasteiger partial charge in [-0.25, -0.2) is 4.79 Å². The van der Waals surface area contributed by atoms with Crippen LogP contribution < -0.4 is 0 Å². The van der Waals surface area contributed by atoms with Gasteiger partial charge in [-0.05, 0) is 40.4 Å². The molecule has 1 unspecified atom stereocenters. The third kappa shape index (κ3) is 5.33. The summed E-state index contributed by atoms with van der Waals surface area (Å²) in [6, 6.07) is 0.663. The predicted octanol–water partition coefficient (Wildman–Crippen LogP) is 1.13. The second-order valence-corrected chi connectivity index (χ2v) is 4.65. The molecule has 1 aliphatic heterocycles. The van der Waals surface area contributed by atoms with Crippen LogP contribution in [0.15, 0.2) is 12.2 Å². The van der Waals surface area contributed by atoms with Gasteiger partial charge in [0.15, 0.2) is 0 Å².